The van der Waals surface area contributed by atoms with Gasteiger partial charge in [-0.15, -0.1) is 0 Å². The predicted octanol–water partition coefficient (Wildman–Crippen LogP) is 4.07. The van der Waals surface area contributed by atoms with Crippen LogP contribution in [0.2, 0.25) is 0 Å². The van der Waals surface area contributed by atoms with E-state index >= 15 is 0 Å². The molecule has 0 heterocycles. The molecule has 2 aromatic carbocycles. The fourth-order valence-corrected chi connectivity index (χ4v) is 2.21. The van der Waals surface area contributed by atoms with Crippen molar-refractivity contribution in [2.75, 3.05) is 7.11 Å². The molecule has 1 amide bonds. The van der Waals surface area contributed by atoms with Gasteiger partial charge in [0.25, 0.3) is 5.91 Å². The van der Waals surface area contributed by atoms with Crippen LogP contribution >= 0.6 is 0 Å². The highest BCUT2D eigenvalue weighted by molar-refractivity contribution is 5.95. The standard InChI is InChI=1S/C17H15F4NO3/c1-9(12-5-4-11(18)8-13(12)19)22-16(23)10-3-6-14(25-17(20)21)15(7-10)24-2/h3-9,17H,1-2H3,(H,22,23). The van der Waals surface area contributed by atoms with Crippen LogP contribution in [0.15, 0.2) is 36.4 Å². The monoisotopic (exact) mass is 357 g/mol. The Morgan fingerprint density at radius 3 is 2.40 bits per heavy atom. The van der Waals surface area contributed by atoms with Crippen molar-refractivity contribution in [1.82, 2.24) is 5.32 Å². The highest BCUT2D eigenvalue weighted by Crippen LogP contribution is 2.29. The van der Waals surface area contributed by atoms with E-state index in [0.29, 0.717) is 0 Å². The molecular weight excluding hydrogens is 342 g/mol. The van der Waals surface area contributed by atoms with E-state index in [1.54, 1.807) is 0 Å². The molecule has 0 saturated carbocycles. The van der Waals surface area contributed by atoms with Crippen LogP contribution in [0.1, 0.15) is 28.9 Å². The number of amides is 1. The summed E-state index contributed by atoms with van der Waals surface area (Å²) in [5.74, 6) is -2.36. The molecule has 4 nitrogen and oxygen atoms in total. The summed E-state index contributed by atoms with van der Waals surface area (Å²) in [6.07, 6.45) is 0. The number of hydrogen-bond donors (Lipinski definition) is 1. The number of hydrogen-bond acceptors (Lipinski definition) is 3. The van der Waals surface area contributed by atoms with Gasteiger partial charge < -0.3 is 14.8 Å². The molecule has 2 aromatic rings. The molecule has 25 heavy (non-hydrogen) atoms. The molecule has 0 bridgehead atoms. The molecule has 0 aromatic heterocycles. The summed E-state index contributed by atoms with van der Waals surface area (Å²) in [5, 5.41) is 2.54. The molecule has 8 heteroatoms. The maximum absolute atomic E-state index is 13.7. The van der Waals surface area contributed by atoms with Crippen molar-refractivity contribution in [1.29, 1.82) is 0 Å². The molecule has 0 saturated heterocycles. The lowest BCUT2D eigenvalue weighted by Crippen LogP contribution is -2.27. The first kappa shape index (κ1) is 18.6. The van der Waals surface area contributed by atoms with Crippen molar-refractivity contribution < 1.29 is 31.8 Å². The minimum absolute atomic E-state index is 0.0476. The van der Waals surface area contributed by atoms with Crippen molar-refractivity contribution in [3.8, 4) is 11.5 Å². The van der Waals surface area contributed by atoms with Crippen LogP contribution in [0, 0.1) is 11.6 Å². The van der Waals surface area contributed by atoms with Crippen LogP contribution in [0.25, 0.3) is 0 Å². The first-order valence-corrected chi connectivity index (χ1v) is 7.20. The second-order valence-electron chi connectivity index (χ2n) is 5.11. The van der Waals surface area contributed by atoms with E-state index < -0.39 is 30.2 Å². The van der Waals surface area contributed by atoms with Crippen LogP contribution in [-0.4, -0.2) is 19.6 Å². The number of rotatable bonds is 6. The minimum Gasteiger partial charge on any atom is -0.493 e. The largest absolute Gasteiger partial charge is 0.493 e. The summed E-state index contributed by atoms with van der Waals surface area (Å²) in [5.41, 5.74) is 0.215. The van der Waals surface area contributed by atoms with Gasteiger partial charge >= 0.3 is 6.61 Å². The predicted molar refractivity (Wildman–Crippen MR) is 81.9 cm³/mol. The Morgan fingerprint density at radius 2 is 1.80 bits per heavy atom. The zero-order valence-electron chi connectivity index (χ0n) is 13.4. The van der Waals surface area contributed by atoms with E-state index in [1.807, 2.05) is 0 Å². The fourth-order valence-electron chi connectivity index (χ4n) is 2.21. The number of ether oxygens (including phenoxy) is 2. The second-order valence-corrected chi connectivity index (χ2v) is 5.11. The lowest BCUT2D eigenvalue weighted by Gasteiger charge is -2.16. The molecular formula is C17H15F4NO3. The highest BCUT2D eigenvalue weighted by atomic mass is 19.3. The number of methoxy groups -OCH3 is 1. The lowest BCUT2D eigenvalue weighted by molar-refractivity contribution is -0.0512. The average Bonchev–Trinajstić information content (AvgIpc) is 2.54. The summed E-state index contributed by atoms with van der Waals surface area (Å²) in [4.78, 5) is 12.3. The quantitative estimate of drug-likeness (QED) is 0.793. The molecule has 1 unspecified atom stereocenters. The number of carbonyl (C=O) groups excluding carboxylic acids is 1. The Balaban J connectivity index is 2.17. The maximum Gasteiger partial charge on any atom is 0.387 e. The Hall–Kier alpha value is -2.77. The van der Waals surface area contributed by atoms with E-state index in [4.69, 9.17) is 4.74 Å². The molecule has 0 aliphatic carbocycles. The molecule has 0 radical (unpaired) electrons. The lowest BCUT2D eigenvalue weighted by atomic mass is 10.1. The van der Waals surface area contributed by atoms with E-state index in [0.717, 1.165) is 12.1 Å². The molecule has 134 valence electrons. The Morgan fingerprint density at radius 1 is 1.08 bits per heavy atom. The number of alkyl halides is 2. The van der Waals surface area contributed by atoms with Gasteiger partial charge in [0.15, 0.2) is 11.5 Å². The molecule has 0 spiro atoms. The number of halogens is 4. The van der Waals surface area contributed by atoms with Crippen LogP contribution in [-0.2, 0) is 0 Å². The van der Waals surface area contributed by atoms with Crippen LogP contribution in [0.3, 0.4) is 0 Å². The zero-order chi connectivity index (χ0) is 18.6. The molecule has 0 fully saturated rings. The smallest absolute Gasteiger partial charge is 0.387 e. The maximum atomic E-state index is 13.7. The molecule has 0 aliphatic heterocycles. The topological polar surface area (TPSA) is 47.6 Å². The third-order valence-corrected chi connectivity index (χ3v) is 3.42. The molecule has 1 atom stereocenters. The minimum atomic E-state index is -3.03. The second kappa shape index (κ2) is 7.87. The van der Waals surface area contributed by atoms with Gasteiger partial charge in [0.2, 0.25) is 0 Å². The summed E-state index contributed by atoms with van der Waals surface area (Å²) < 4.78 is 60.5. The van der Waals surface area contributed by atoms with Crippen LogP contribution in [0.5, 0.6) is 11.5 Å². The van der Waals surface area contributed by atoms with Crippen molar-refractivity contribution in [2.24, 2.45) is 0 Å². The summed E-state index contributed by atoms with van der Waals surface area (Å²) in [6.45, 7) is -1.50. The first-order valence-electron chi connectivity index (χ1n) is 7.20. The van der Waals surface area contributed by atoms with E-state index in [9.17, 15) is 22.4 Å². The normalized spacial score (nSPS) is 12.0. The van der Waals surface area contributed by atoms with E-state index in [-0.39, 0.29) is 22.6 Å². The van der Waals surface area contributed by atoms with Crippen LogP contribution in [0.4, 0.5) is 17.6 Å². The highest BCUT2D eigenvalue weighted by Gasteiger charge is 2.18. The van der Waals surface area contributed by atoms with Gasteiger partial charge in [-0.25, -0.2) is 8.78 Å². The summed E-state index contributed by atoms with van der Waals surface area (Å²) >= 11 is 0. The van der Waals surface area contributed by atoms with Gasteiger partial charge in [0, 0.05) is 17.2 Å². The van der Waals surface area contributed by atoms with Gasteiger partial charge in [-0.3, -0.25) is 4.79 Å². The number of benzene rings is 2. The molecule has 0 aliphatic rings. The third kappa shape index (κ3) is 4.62. The summed E-state index contributed by atoms with van der Waals surface area (Å²) in [6, 6.07) is 5.96. The van der Waals surface area contributed by atoms with Crippen LogP contribution < -0.4 is 14.8 Å². The Labute approximate surface area is 141 Å². The average molecular weight is 357 g/mol. The first-order chi connectivity index (χ1) is 11.8. The SMILES string of the molecule is COc1cc(C(=O)NC(C)c2ccc(F)cc2F)ccc1OC(F)F. The zero-order valence-corrected chi connectivity index (χ0v) is 13.4. The Bertz CT molecular complexity index is 768. The third-order valence-electron chi connectivity index (χ3n) is 3.42. The van der Waals surface area contributed by atoms with Gasteiger partial charge in [-0.2, -0.15) is 8.78 Å². The van der Waals surface area contributed by atoms with E-state index in [1.165, 1.54) is 38.3 Å². The fraction of sp³-hybridized carbons (Fsp3) is 0.235. The molecule has 2 rings (SSSR count). The van der Waals surface area contributed by atoms with E-state index in [2.05, 4.69) is 10.1 Å². The Kier molecular flexibility index (Phi) is 5.84. The van der Waals surface area contributed by atoms with Crippen molar-refractivity contribution in [2.45, 2.75) is 19.6 Å². The van der Waals surface area contributed by atoms with Gasteiger partial charge in [0.05, 0.1) is 13.2 Å². The van der Waals surface area contributed by atoms with Gasteiger partial charge in [0.1, 0.15) is 11.6 Å². The number of carbonyl (C=O) groups is 1. The molecule has 1 N–H and O–H groups in total. The van der Waals surface area contributed by atoms with Crippen molar-refractivity contribution in [3.63, 3.8) is 0 Å². The van der Waals surface area contributed by atoms with Crippen molar-refractivity contribution >= 4 is 5.91 Å². The number of nitrogens with one attached hydrogen (secondary N) is 1. The van der Waals surface area contributed by atoms with Gasteiger partial charge in [-0.1, -0.05) is 6.07 Å². The summed E-state index contributed by atoms with van der Waals surface area (Å²) in [7, 11) is 1.24. The van der Waals surface area contributed by atoms with Crippen molar-refractivity contribution in [3.05, 3.63) is 59.2 Å². The van der Waals surface area contributed by atoms with Gasteiger partial charge in [-0.05, 0) is 31.2 Å².